The number of benzene rings is 4. The maximum Gasteiger partial charge on any atom is 0.118 e. The number of aryl methyl sites for hydroxylation is 3. The van der Waals surface area contributed by atoms with Crippen LogP contribution < -0.4 is 0 Å². The van der Waals surface area contributed by atoms with Gasteiger partial charge in [0.15, 0.2) is 0 Å². The average Bonchev–Trinajstić information content (AvgIpc) is 2.84. The summed E-state index contributed by atoms with van der Waals surface area (Å²) in [7, 11) is 0. The van der Waals surface area contributed by atoms with Gasteiger partial charge in [-0.2, -0.15) is 0 Å². The van der Waals surface area contributed by atoms with E-state index in [-0.39, 0.29) is 28.4 Å². The van der Waals surface area contributed by atoms with Crippen LogP contribution in [-0.4, -0.2) is 20.4 Å². The maximum atomic E-state index is 10.2. The highest BCUT2D eigenvalue weighted by molar-refractivity contribution is 5.46. The molecule has 0 heterocycles. The van der Waals surface area contributed by atoms with E-state index in [1.807, 2.05) is 49.4 Å². The van der Waals surface area contributed by atoms with E-state index >= 15 is 0 Å². The van der Waals surface area contributed by atoms with Crippen LogP contribution in [0.15, 0.2) is 91.0 Å². The third kappa shape index (κ3) is 5.18. The standard InChI is InChI=1S/C30H30O4/c1-21-20-25(8-15-29(21)34)30(24-6-13-28(33)14-7-24,18-16-22-2-9-26(31)10-3-22)19-17-23-4-11-27(32)12-5-23/h2-15,20,31-34H,16-19H2,1H3. The van der Waals surface area contributed by atoms with E-state index < -0.39 is 0 Å². The predicted octanol–water partition coefficient (Wildman–Crippen LogP) is 6.37. The molecular weight excluding hydrogens is 424 g/mol. The van der Waals surface area contributed by atoms with Crippen LogP contribution in [0.25, 0.3) is 0 Å². The van der Waals surface area contributed by atoms with Crippen molar-refractivity contribution in [3.63, 3.8) is 0 Å². The van der Waals surface area contributed by atoms with Crippen LogP contribution >= 0.6 is 0 Å². The predicted molar refractivity (Wildman–Crippen MR) is 135 cm³/mol. The zero-order valence-electron chi connectivity index (χ0n) is 19.3. The third-order valence-electron chi connectivity index (χ3n) is 6.72. The Hall–Kier alpha value is -3.92. The maximum absolute atomic E-state index is 10.2. The highest BCUT2D eigenvalue weighted by atomic mass is 16.3. The van der Waals surface area contributed by atoms with Crippen LogP contribution in [0.2, 0.25) is 0 Å². The van der Waals surface area contributed by atoms with E-state index in [2.05, 4.69) is 6.07 Å². The second kappa shape index (κ2) is 9.92. The number of phenols is 4. The molecule has 0 aromatic heterocycles. The number of rotatable bonds is 8. The summed E-state index contributed by atoms with van der Waals surface area (Å²) in [6.45, 7) is 1.90. The monoisotopic (exact) mass is 454 g/mol. The highest BCUT2D eigenvalue weighted by Crippen LogP contribution is 2.43. The minimum Gasteiger partial charge on any atom is -0.508 e. The average molecular weight is 455 g/mol. The first-order valence-corrected chi connectivity index (χ1v) is 11.5. The molecule has 0 saturated heterocycles. The van der Waals surface area contributed by atoms with E-state index in [1.54, 1.807) is 42.5 Å². The first-order chi connectivity index (χ1) is 16.4. The number of aromatic hydroxyl groups is 4. The summed E-state index contributed by atoms with van der Waals surface area (Å²) in [5.41, 5.74) is 4.87. The van der Waals surface area contributed by atoms with Crippen molar-refractivity contribution in [2.45, 2.75) is 38.0 Å². The molecule has 0 unspecified atom stereocenters. The summed E-state index contributed by atoms with van der Waals surface area (Å²) in [5.74, 6) is 0.974. The normalized spacial score (nSPS) is 11.4. The lowest BCUT2D eigenvalue weighted by Gasteiger charge is -2.36. The van der Waals surface area contributed by atoms with Crippen molar-refractivity contribution in [1.29, 1.82) is 0 Å². The second-order valence-electron chi connectivity index (χ2n) is 8.96. The molecule has 0 aliphatic rings. The molecule has 0 aliphatic carbocycles. The van der Waals surface area contributed by atoms with Crippen LogP contribution in [-0.2, 0) is 18.3 Å². The van der Waals surface area contributed by atoms with Gasteiger partial charge in [-0.1, -0.05) is 48.5 Å². The van der Waals surface area contributed by atoms with Crippen LogP contribution in [0.5, 0.6) is 23.0 Å². The molecule has 4 rings (SSSR count). The molecule has 0 amide bonds. The summed E-state index contributed by atoms with van der Waals surface area (Å²) >= 11 is 0. The van der Waals surface area contributed by atoms with E-state index in [0.717, 1.165) is 53.5 Å². The topological polar surface area (TPSA) is 80.9 Å². The van der Waals surface area contributed by atoms with Gasteiger partial charge in [0.1, 0.15) is 23.0 Å². The molecule has 0 radical (unpaired) electrons. The molecule has 34 heavy (non-hydrogen) atoms. The van der Waals surface area contributed by atoms with Crippen LogP contribution in [0, 0.1) is 6.92 Å². The molecule has 4 aromatic rings. The summed E-state index contributed by atoms with van der Waals surface area (Å²) in [5, 5.41) is 39.5. The van der Waals surface area contributed by atoms with E-state index in [9.17, 15) is 20.4 Å². The molecule has 4 heteroatoms. The van der Waals surface area contributed by atoms with E-state index in [1.165, 1.54) is 0 Å². The van der Waals surface area contributed by atoms with Crippen LogP contribution in [0.4, 0.5) is 0 Å². The van der Waals surface area contributed by atoms with Gasteiger partial charge >= 0.3 is 0 Å². The van der Waals surface area contributed by atoms with Crippen molar-refractivity contribution in [2.75, 3.05) is 0 Å². The van der Waals surface area contributed by atoms with Crippen molar-refractivity contribution in [2.24, 2.45) is 0 Å². The molecule has 0 spiro atoms. The van der Waals surface area contributed by atoms with Gasteiger partial charge in [-0.25, -0.2) is 0 Å². The quantitative estimate of drug-likeness (QED) is 0.249. The lowest BCUT2D eigenvalue weighted by atomic mass is 9.67. The van der Waals surface area contributed by atoms with Gasteiger partial charge in [-0.3, -0.25) is 0 Å². The zero-order chi connectivity index (χ0) is 24.1. The van der Waals surface area contributed by atoms with Gasteiger partial charge in [-0.15, -0.1) is 0 Å². The van der Waals surface area contributed by atoms with Crippen molar-refractivity contribution in [3.05, 3.63) is 119 Å². The summed E-state index contributed by atoms with van der Waals surface area (Å²) in [4.78, 5) is 0. The number of hydrogen-bond donors (Lipinski definition) is 4. The Morgan fingerprint density at radius 1 is 0.529 bits per heavy atom. The molecule has 0 bridgehead atoms. The minimum atomic E-state index is -0.387. The van der Waals surface area contributed by atoms with Gasteiger partial charge in [0.05, 0.1) is 0 Å². The Balaban J connectivity index is 1.79. The highest BCUT2D eigenvalue weighted by Gasteiger charge is 2.34. The SMILES string of the molecule is Cc1cc(C(CCc2ccc(O)cc2)(CCc2ccc(O)cc2)c2ccc(O)cc2)ccc1O. The first-order valence-electron chi connectivity index (χ1n) is 11.5. The van der Waals surface area contributed by atoms with Crippen molar-refractivity contribution in [1.82, 2.24) is 0 Å². The fourth-order valence-electron chi connectivity index (χ4n) is 4.64. The van der Waals surface area contributed by atoms with Gasteiger partial charge in [0.25, 0.3) is 0 Å². The molecule has 0 fully saturated rings. The second-order valence-corrected chi connectivity index (χ2v) is 8.96. The molecule has 4 N–H and O–H groups in total. The molecule has 174 valence electrons. The lowest BCUT2D eigenvalue weighted by molar-refractivity contribution is 0.430. The molecule has 0 saturated carbocycles. The Morgan fingerprint density at radius 3 is 1.38 bits per heavy atom. The Bertz CT molecular complexity index is 1180. The lowest BCUT2D eigenvalue weighted by Crippen LogP contribution is -2.29. The van der Waals surface area contributed by atoms with Gasteiger partial charge in [-0.05, 0) is 103 Å². The minimum absolute atomic E-state index is 0.219. The molecule has 0 atom stereocenters. The summed E-state index contributed by atoms with van der Waals surface area (Å²) in [6, 6.07) is 27.8. The molecule has 4 nitrogen and oxygen atoms in total. The Morgan fingerprint density at radius 2 is 0.941 bits per heavy atom. The molecule has 0 aliphatic heterocycles. The Labute approximate surface area is 200 Å². The van der Waals surface area contributed by atoms with Crippen LogP contribution in [0.1, 0.15) is 40.7 Å². The van der Waals surface area contributed by atoms with E-state index in [4.69, 9.17) is 0 Å². The van der Waals surface area contributed by atoms with Crippen molar-refractivity contribution >= 4 is 0 Å². The van der Waals surface area contributed by atoms with Crippen LogP contribution in [0.3, 0.4) is 0 Å². The number of hydrogen-bond acceptors (Lipinski definition) is 4. The number of phenolic OH excluding ortho intramolecular Hbond substituents is 4. The van der Waals surface area contributed by atoms with Gasteiger partial charge < -0.3 is 20.4 Å². The first kappa shape index (κ1) is 23.2. The van der Waals surface area contributed by atoms with Crippen molar-refractivity contribution in [3.8, 4) is 23.0 Å². The fourth-order valence-corrected chi connectivity index (χ4v) is 4.64. The largest absolute Gasteiger partial charge is 0.508 e. The Kier molecular flexibility index (Phi) is 6.78. The van der Waals surface area contributed by atoms with Crippen molar-refractivity contribution < 1.29 is 20.4 Å². The molecular formula is C30H30O4. The zero-order valence-corrected chi connectivity index (χ0v) is 19.3. The fraction of sp³-hybridized carbons (Fsp3) is 0.200. The summed E-state index contributed by atoms with van der Waals surface area (Å²) in [6.07, 6.45) is 3.17. The summed E-state index contributed by atoms with van der Waals surface area (Å²) < 4.78 is 0. The smallest absolute Gasteiger partial charge is 0.118 e. The van der Waals surface area contributed by atoms with E-state index in [0.29, 0.717) is 0 Å². The van der Waals surface area contributed by atoms with Gasteiger partial charge in [0.2, 0.25) is 0 Å². The molecule has 4 aromatic carbocycles. The van der Waals surface area contributed by atoms with Gasteiger partial charge in [0, 0.05) is 5.41 Å². The third-order valence-corrected chi connectivity index (χ3v) is 6.72.